The Bertz CT molecular complexity index is 807. The number of hydrogen-bond donors (Lipinski definition) is 4. The lowest BCUT2D eigenvalue weighted by atomic mass is 10.0. The van der Waals surface area contributed by atoms with Crippen molar-refractivity contribution in [2.24, 2.45) is 0 Å². The second-order valence-corrected chi connectivity index (χ2v) is 8.20. The van der Waals surface area contributed by atoms with Gasteiger partial charge in [-0.15, -0.1) is 11.8 Å². The fourth-order valence-electron chi connectivity index (χ4n) is 3.13. The highest BCUT2D eigenvalue weighted by Crippen LogP contribution is 2.35. The predicted octanol–water partition coefficient (Wildman–Crippen LogP) is 1.38. The molecule has 28 heavy (non-hydrogen) atoms. The Morgan fingerprint density at radius 2 is 1.68 bits per heavy atom. The maximum Gasteiger partial charge on any atom is 0.173 e. The molecule has 2 aromatic rings. The van der Waals surface area contributed by atoms with Crippen molar-refractivity contribution >= 4 is 17.5 Å². The Labute approximate surface area is 167 Å². The average Bonchev–Trinajstić information content (AvgIpc) is 2.70. The summed E-state index contributed by atoms with van der Waals surface area (Å²) in [6.45, 7) is 1.19. The molecule has 0 bridgehead atoms. The number of hydrogen-bond acceptors (Lipinski definition) is 7. The van der Waals surface area contributed by atoms with Crippen LogP contribution in [0, 0.1) is 0 Å². The van der Waals surface area contributed by atoms with Crippen molar-refractivity contribution in [2.45, 2.75) is 42.3 Å². The van der Waals surface area contributed by atoms with Gasteiger partial charge in [0, 0.05) is 12.0 Å². The van der Waals surface area contributed by atoms with Crippen LogP contribution in [0.5, 0.6) is 5.75 Å². The number of carbonyl (C=O) groups is 1. The van der Waals surface area contributed by atoms with E-state index in [2.05, 4.69) is 0 Å². The molecule has 1 aliphatic heterocycles. The van der Waals surface area contributed by atoms with E-state index in [1.165, 1.54) is 6.92 Å². The van der Waals surface area contributed by atoms with E-state index < -0.39 is 29.0 Å². The predicted molar refractivity (Wildman–Crippen MR) is 107 cm³/mol. The summed E-state index contributed by atoms with van der Waals surface area (Å²) in [5, 5.41) is 39.0. The largest absolute Gasteiger partial charge is 0.477 e. The van der Waals surface area contributed by atoms with Crippen LogP contribution in [0.3, 0.4) is 0 Å². The molecule has 7 heteroatoms. The molecule has 4 N–H and O–H groups in total. The van der Waals surface area contributed by atoms with E-state index in [0.29, 0.717) is 17.7 Å². The summed E-state index contributed by atoms with van der Waals surface area (Å²) in [5.74, 6) is 0.563. The molecule has 1 aliphatic rings. The van der Waals surface area contributed by atoms with Gasteiger partial charge in [0.1, 0.15) is 18.0 Å². The van der Waals surface area contributed by atoms with Gasteiger partial charge in [-0.2, -0.15) is 0 Å². The van der Waals surface area contributed by atoms with Crippen molar-refractivity contribution in [3.8, 4) is 5.75 Å². The Balaban J connectivity index is 1.77. The number of carbonyl (C=O) groups excluding carboxylic acids is 1. The van der Waals surface area contributed by atoms with E-state index >= 15 is 0 Å². The lowest BCUT2D eigenvalue weighted by molar-refractivity contribution is -0.0910. The van der Waals surface area contributed by atoms with Crippen molar-refractivity contribution in [3.63, 3.8) is 0 Å². The van der Waals surface area contributed by atoms with Crippen LogP contribution in [0.2, 0.25) is 0 Å². The second-order valence-electron chi connectivity index (χ2n) is 6.85. The maximum absolute atomic E-state index is 11.4. The molecule has 150 valence electrons. The molecule has 0 aliphatic carbocycles. The van der Waals surface area contributed by atoms with Crippen molar-refractivity contribution in [3.05, 3.63) is 65.2 Å². The Morgan fingerprint density at radius 1 is 1.00 bits per heavy atom. The van der Waals surface area contributed by atoms with Gasteiger partial charge in [-0.25, -0.2) is 0 Å². The molecule has 1 heterocycles. The highest BCUT2D eigenvalue weighted by Gasteiger charge is 2.44. The zero-order valence-electron chi connectivity index (χ0n) is 15.4. The van der Waals surface area contributed by atoms with E-state index in [1.54, 1.807) is 18.2 Å². The highest BCUT2D eigenvalue weighted by atomic mass is 32.2. The lowest BCUT2D eigenvalue weighted by Crippen LogP contribution is -2.55. The second kappa shape index (κ2) is 9.07. The zero-order chi connectivity index (χ0) is 20.3. The summed E-state index contributed by atoms with van der Waals surface area (Å²) in [6.07, 6.45) is -3.34. The summed E-state index contributed by atoms with van der Waals surface area (Å²) < 4.78 is 5.96. The summed E-state index contributed by atoms with van der Waals surface area (Å²) in [6, 6.07) is 14.7. The maximum atomic E-state index is 11.4. The van der Waals surface area contributed by atoms with Gasteiger partial charge in [0.25, 0.3) is 0 Å². The fourth-order valence-corrected chi connectivity index (χ4v) is 4.37. The molecule has 1 saturated heterocycles. The van der Waals surface area contributed by atoms with Crippen LogP contribution in [-0.4, -0.2) is 61.8 Å². The molecule has 0 amide bonds. The van der Waals surface area contributed by atoms with E-state index in [4.69, 9.17) is 4.74 Å². The molecule has 5 atom stereocenters. The molecule has 2 aromatic carbocycles. The molecular formula is C21H24O6S. The van der Waals surface area contributed by atoms with E-state index in [1.807, 2.05) is 30.3 Å². The molecule has 6 nitrogen and oxygen atoms in total. The Morgan fingerprint density at radius 3 is 2.32 bits per heavy atom. The van der Waals surface area contributed by atoms with Crippen LogP contribution in [0.15, 0.2) is 48.5 Å². The normalized spacial score (nSPS) is 27.4. The number of benzene rings is 2. The fraction of sp³-hybridized carbons (Fsp3) is 0.381. The van der Waals surface area contributed by atoms with Gasteiger partial charge in [0.2, 0.25) is 0 Å². The van der Waals surface area contributed by atoms with Crippen LogP contribution in [0.1, 0.15) is 28.4 Å². The molecule has 3 rings (SSSR count). The van der Waals surface area contributed by atoms with Crippen molar-refractivity contribution in [1.82, 2.24) is 0 Å². The summed E-state index contributed by atoms with van der Waals surface area (Å²) >= 11 is 1.10. The van der Waals surface area contributed by atoms with E-state index in [-0.39, 0.29) is 12.4 Å². The summed E-state index contributed by atoms with van der Waals surface area (Å²) in [4.78, 5) is 11.4. The summed E-state index contributed by atoms with van der Waals surface area (Å²) in [7, 11) is 0. The lowest BCUT2D eigenvalue weighted by Gasteiger charge is -2.39. The first kappa shape index (κ1) is 20.8. The van der Waals surface area contributed by atoms with E-state index in [0.717, 1.165) is 22.9 Å². The van der Waals surface area contributed by atoms with Gasteiger partial charge in [-0.05, 0) is 24.1 Å². The first-order chi connectivity index (χ1) is 13.4. The van der Waals surface area contributed by atoms with Gasteiger partial charge in [0.15, 0.2) is 11.2 Å². The molecule has 0 saturated carbocycles. The van der Waals surface area contributed by atoms with Crippen molar-refractivity contribution < 1.29 is 30.0 Å². The molecule has 0 aromatic heterocycles. The highest BCUT2D eigenvalue weighted by molar-refractivity contribution is 8.00. The van der Waals surface area contributed by atoms with Crippen LogP contribution in [0.25, 0.3) is 0 Å². The number of para-hydroxylation sites is 1. The number of thioether (sulfide) groups is 1. The van der Waals surface area contributed by atoms with Gasteiger partial charge in [-0.3, -0.25) is 4.79 Å². The molecule has 5 unspecified atom stereocenters. The number of ether oxygens (including phenoxy) is 1. The number of rotatable bonds is 6. The minimum absolute atomic E-state index is 0.0118. The van der Waals surface area contributed by atoms with Crippen molar-refractivity contribution in [2.75, 3.05) is 6.61 Å². The first-order valence-corrected chi connectivity index (χ1v) is 10.00. The minimum atomic E-state index is -1.39. The van der Waals surface area contributed by atoms with Crippen LogP contribution >= 0.6 is 11.8 Å². The molecular weight excluding hydrogens is 380 g/mol. The average molecular weight is 404 g/mol. The van der Waals surface area contributed by atoms with Crippen LogP contribution in [-0.2, 0) is 6.42 Å². The third-order valence-electron chi connectivity index (χ3n) is 4.82. The number of aliphatic hydroxyl groups excluding tert-OH is 4. The molecule has 1 fully saturated rings. The van der Waals surface area contributed by atoms with Gasteiger partial charge < -0.3 is 25.2 Å². The first-order valence-electron chi connectivity index (χ1n) is 9.05. The topological polar surface area (TPSA) is 107 Å². The molecule has 0 spiro atoms. The Hall–Kier alpha value is -1.90. The van der Waals surface area contributed by atoms with Crippen LogP contribution < -0.4 is 4.74 Å². The van der Waals surface area contributed by atoms with E-state index in [9.17, 15) is 25.2 Å². The number of aliphatic hydroxyl groups is 4. The smallest absolute Gasteiger partial charge is 0.173 e. The summed E-state index contributed by atoms with van der Waals surface area (Å²) in [5.41, 5.74) is 1.71. The minimum Gasteiger partial charge on any atom is -0.477 e. The van der Waals surface area contributed by atoms with Gasteiger partial charge >= 0.3 is 0 Å². The standard InChI is InChI=1S/C21H24O6S/c1-12(23)14-8-6-13(7-9-14)10-15-4-2-3-5-16(15)27-21-20(26)19(25)18(24)17(11-22)28-21/h2-9,17-22,24-26H,10-11H2,1H3. The third kappa shape index (κ3) is 4.56. The number of Topliss-reactive ketones (excluding diaryl/α,β-unsaturated/α-hetero) is 1. The third-order valence-corrected chi connectivity index (χ3v) is 6.24. The monoisotopic (exact) mass is 404 g/mol. The zero-order valence-corrected chi connectivity index (χ0v) is 16.2. The van der Waals surface area contributed by atoms with Crippen molar-refractivity contribution in [1.29, 1.82) is 0 Å². The number of ketones is 1. The van der Waals surface area contributed by atoms with Crippen LogP contribution in [0.4, 0.5) is 0 Å². The van der Waals surface area contributed by atoms with Gasteiger partial charge in [0.05, 0.1) is 18.0 Å². The van der Waals surface area contributed by atoms with Gasteiger partial charge in [-0.1, -0.05) is 42.5 Å². The SMILES string of the molecule is CC(=O)c1ccc(Cc2ccccc2OC2SC(CO)C(O)C(O)C2O)cc1. The molecule has 0 radical (unpaired) electrons. The Kier molecular flexibility index (Phi) is 6.74. The quantitative estimate of drug-likeness (QED) is 0.539.